The summed E-state index contributed by atoms with van der Waals surface area (Å²) in [6, 6.07) is 6.48. The number of urea groups is 1. The molecule has 0 fully saturated rings. The molecule has 0 saturated carbocycles. The predicted molar refractivity (Wildman–Crippen MR) is 74.3 cm³/mol. The van der Waals surface area contributed by atoms with E-state index < -0.39 is 12.1 Å². The Hall–Kier alpha value is -1.79. The molecule has 0 aliphatic rings. The zero-order chi connectivity index (χ0) is 14.3. The van der Waals surface area contributed by atoms with E-state index in [4.69, 9.17) is 10.5 Å². The van der Waals surface area contributed by atoms with Crippen molar-refractivity contribution in [2.24, 2.45) is 5.73 Å². The van der Waals surface area contributed by atoms with Gasteiger partial charge in [-0.25, -0.2) is 4.79 Å². The zero-order valence-electron chi connectivity index (χ0n) is 11.2. The molecule has 1 rings (SSSR count). The number of carbonyl (C=O) groups excluding carboxylic acids is 1. The lowest BCUT2D eigenvalue weighted by molar-refractivity contribution is 0.104. The second-order valence-corrected chi connectivity index (χ2v) is 4.54. The van der Waals surface area contributed by atoms with Gasteiger partial charge in [-0.3, -0.25) is 0 Å². The number of hydrogen-bond acceptors (Lipinski definition) is 4. The van der Waals surface area contributed by atoms with Gasteiger partial charge in [0, 0.05) is 18.3 Å². The maximum Gasteiger partial charge on any atom is 0.316 e. The average Bonchev–Trinajstić information content (AvgIpc) is 2.35. The largest absolute Gasteiger partial charge is 0.491 e. The van der Waals surface area contributed by atoms with Gasteiger partial charge in [0.2, 0.25) is 0 Å². The van der Waals surface area contributed by atoms with E-state index in [9.17, 15) is 9.90 Å². The SMILES string of the molecule is CC(C)NC[C@@H](O)COc1ccc(NC(N)=O)cc1. The molecule has 1 aromatic carbocycles. The van der Waals surface area contributed by atoms with Crippen LogP contribution in [-0.4, -0.2) is 36.4 Å². The molecule has 0 saturated heterocycles. The first-order valence-electron chi connectivity index (χ1n) is 6.18. The van der Waals surface area contributed by atoms with Gasteiger partial charge in [0.25, 0.3) is 0 Å². The third-order valence-corrected chi connectivity index (χ3v) is 2.33. The van der Waals surface area contributed by atoms with Gasteiger partial charge in [-0.15, -0.1) is 0 Å². The van der Waals surface area contributed by atoms with Gasteiger partial charge in [-0.1, -0.05) is 13.8 Å². The maximum atomic E-state index is 10.6. The number of aliphatic hydroxyl groups is 1. The van der Waals surface area contributed by atoms with Crippen LogP contribution in [0.25, 0.3) is 0 Å². The Morgan fingerprint density at radius 1 is 1.37 bits per heavy atom. The second-order valence-electron chi connectivity index (χ2n) is 4.54. The van der Waals surface area contributed by atoms with E-state index in [0.717, 1.165) is 0 Å². The molecule has 2 amide bonds. The number of nitrogens with two attached hydrogens (primary N) is 1. The highest BCUT2D eigenvalue weighted by Crippen LogP contribution is 2.15. The van der Waals surface area contributed by atoms with Gasteiger partial charge in [0.15, 0.2) is 0 Å². The van der Waals surface area contributed by atoms with E-state index in [1.807, 2.05) is 13.8 Å². The molecule has 0 radical (unpaired) electrons. The minimum atomic E-state index is -0.608. The average molecular weight is 267 g/mol. The number of hydrogen-bond donors (Lipinski definition) is 4. The first-order chi connectivity index (χ1) is 8.97. The lowest BCUT2D eigenvalue weighted by Gasteiger charge is -2.15. The Kier molecular flexibility index (Phi) is 6.11. The number of ether oxygens (including phenoxy) is 1. The van der Waals surface area contributed by atoms with E-state index in [0.29, 0.717) is 24.0 Å². The molecule has 0 aromatic heterocycles. The third kappa shape index (κ3) is 6.64. The van der Waals surface area contributed by atoms with Crippen molar-refractivity contribution < 1.29 is 14.6 Å². The van der Waals surface area contributed by atoms with Gasteiger partial charge in [0.1, 0.15) is 18.5 Å². The molecule has 0 unspecified atom stereocenters. The smallest absolute Gasteiger partial charge is 0.316 e. The van der Waals surface area contributed by atoms with Crippen LogP contribution in [0.1, 0.15) is 13.8 Å². The standard InChI is InChI=1S/C13H21N3O3/c1-9(2)15-7-11(17)8-19-12-5-3-10(4-6-12)16-13(14)18/h3-6,9,11,15,17H,7-8H2,1-2H3,(H3,14,16,18)/t11-/m1/s1. The third-order valence-electron chi connectivity index (χ3n) is 2.33. The number of aliphatic hydroxyl groups excluding tert-OH is 1. The van der Waals surface area contributed by atoms with Crippen LogP contribution in [0.2, 0.25) is 0 Å². The summed E-state index contributed by atoms with van der Waals surface area (Å²) >= 11 is 0. The highest BCUT2D eigenvalue weighted by molar-refractivity contribution is 5.87. The molecular weight excluding hydrogens is 246 g/mol. The number of carbonyl (C=O) groups is 1. The van der Waals surface area contributed by atoms with Crippen LogP contribution in [-0.2, 0) is 0 Å². The lowest BCUT2D eigenvalue weighted by Crippen LogP contribution is -2.35. The zero-order valence-corrected chi connectivity index (χ0v) is 11.2. The first kappa shape index (κ1) is 15.3. The van der Waals surface area contributed by atoms with E-state index in [-0.39, 0.29) is 6.61 Å². The van der Waals surface area contributed by atoms with Crippen LogP contribution in [0.15, 0.2) is 24.3 Å². The molecule has 0 aliphatic heterocycles. The Balaban J connectivity index is 2.35. The number of amides is 2. The normalized spacial score (nSPS) is 12.2. The summed E-state index contributed by atoms with van der Waals surface area (Å²) < 4.78 is 5.43. The second kappa shape index (κ2) is 7.60. The summed E-state index contributed by atoms with van der Waals surface area (Å²) in [5.74, 6) is 0.624. The lowest BCUT2D eigenvalue weighted by atomic mass is 10.3. The number of nitrogens with one attached hydrogen (secondary N) is 2. The molecule has 1 aromatic rings. The molecular formula is C13H21N3O3. The molecule has 19 heavy (non-hydrogen) atoms. The van der Waals surface area contributed by atoms with Gasteiger partial charge in [-0.05, 0) is 24.3 Å². The summed E-state index contributed by atoms with van der Waals surface area (Å²) in [7, 11) is 0. The van der Waals surface area contributed by atoms with Crippen LogP contribution < -0.4 is 21.1 Å². The predicted octanol–water partition coefficient (Wildman–Crippen LogP) is 0.915. The fraction of sp³-hybridized carbons (Fsp3) is 0.462. The number of primary amides is 1. The topological polar surface area (TPSA) is 96.6 Å². The van der Waals surface area contributed by atoms with Crippen LogP contribution in [0.4, 0.5) is 10.5 Å². The number of anilines is 1. The summed E-state index contributed by atoms with van der Waals surface area (Å²) in [6.07, 6.45) is -0.564. The molecule has 5 N–H and O–H groups in total. The van der Waals surface area contributed by atoms with Crippen molar-refractivity contribution in [3.8, 4) is 5.75 Å². The number of benzene rings is 1. The van der Waals surface area contributed by atoms with E-state index in [2.05, 4.69) is 10.6 Å². The molecule has 1 atom stereocenters. The van der Waals surface area contributed by atoms with Gasteiger partial charge in [-0.2, -0.15) is 0 Å². The van der Waals surface area contributed by atoms with Crippen molar-refractivity contribution >= 4 is 11.7 Å². The van der Waals surface area contributed by atoms with Crippen molar-refractivity contribution in [1.29, 1.82) is 0 Å². The Bertz CT molecular complexity index is 393. The van der Waals surface area contributed by atoms with E-state index in [1.54, 1.807) is 24.3 Å². The van der Waals surface area contributed by atoms with Crippen molar-refractivity contribution in [2.75, 3.05) is 18.5 Å². The molecule has 0 aliphatic carbocycles. The van der Waals surface area contributed by atoms with E-state index >= 15 is 0 Å². The fourth-order valence-electron chi connectivity index (χ4n) is 1.40. The molecule has 6 nitrogen and oxygen atoms in total. The monoisotopic (exact) mass is 267 g/mol. The summed E-state index contributed by atoms with van der Waals surface area (Å²) in [5.41, 5.74) is 5.60. The van der Waals surface area contributed by atoms with Crippen LogP contribution in [0.3, 0.4) is 0 Å². The van der Waals surface area contributed by atoms with Crippen molar-refractivity contribution in [3.63, 3.8) is 0 Å². The van der Waals surface area contributed by atoms with Gasteiger partial charge < -0.3 is 26.2 Å². The van der Waals surface area contributed by atoms with Crippen LogP contribution in [0, 0.1) is 0 Å². The first-order valence-corrected chi connectivity index (χ1v) is 6.18. The highest BCUT2D eigenvalue weighted by Gasteiger charge is 2.06. The highest BCUT2D eigenvalue weighted by atomic mass is 16.5. The van der Waals surface area contributed by atoms with Gasteiger partial charge >= 0.3 is 6.03 Å². The van der Waals surface area contributed by atoms with Crippen LogP contribution in [0.5, 0.6) is 5.75 Å². The molecule has 6 heteroatoms. The van der Waals surface area contributed by atoms with Crippen molar-refractivity contribution in [2.45, 2.75) is 26.0 Å². The minimum Gasteiger partial charge on any atom is -0.491 e. The molecule has 0 heterocycles. The maximum absolute atomic E-state index is 10.6. The van der Waals surface area contributed by atoms with Crippen molar-refractivity contribution in [3.05, 3.63) is 24.3 Å². The molecule has 106 valence electrons. The summed E-state index contributed by atoms with van der Waals surface area (Å²) in [4.78, 5) is 10.6. The van der Waals surface area contributed by atoms with E-state index in [1.165, 1.54) is 0 Å². The fourth-order valence-corrected chi connectivity index (χ4v) is 1.40. The minimum absolute atomic E-state index is 0.211. The number of rotatable bonds is 7. The molecule has 0 bridgehead atoms. The Morgan fingerprint density at radius 3 is 2.53 bits per heavy atom. The van der Waals surface area contributed by atoms with Gasteiger partial charge in [0.05, 0.1) is 0 Å². The summed E-state index contributed by atoms with van der Waals surface area (Å²) in [5, 5.41) is 15.2. The van der Waals surface area contributed by atoms with Crippen molar-refractivity contribution in [1.82, 2.24) is 5.32 Å². The van der Waals surface area contributed by atoms with Crippen LogP contribution >= 0.6 is 0 Å². The Labute approximate surface area is 112 Å². The Morgan fingerprint density at radius 2 is 2.00 bits per heavy atom. The quantitative estimate of drug-likeness (QED) is 0.590. The summed E-state index contributed by atoms with van der Waals surface area (Å²) in [6.45, 7) is 4.72. The molecule has 0 spiro atoms.